The van der Waals surface area contributed by atoms with Gasteiger partial charge in [-0.2, -0.15) is 13.2 Å². The number of aromatic nitrogens is 1. The summed E-state index contributed by atoms with van der Waals surface area (Å²) in [6.07, 6.45) is 0.172. The summed E-state index contributed by atoms with van der Waals surface area (Å²) in [6, 6.07) is 0.379. The molecule has 13 heteroatoms. The van der Waals surface area contributed by atoms with Gasteiger partial charge in [-0.15, -0.1) is 6.58 Å². The number of hydrogen-bond acceptors (Lipinski definition) is 6. The van der Waals surface area contributed by atoms with Crippen molar-refractivity contribution in [3.8, 4) is 0 Å². The summed E-state index contributed by atoms with van der Waals surface area (Å²) in [6.45, 7) is 12.2. The van der Waals surface area contributed by atoms with Crippen LogP contribution in [0, 0.1) is 5.92 Å². The summed E-state index contributed by atoms with van der Waals surface area (Å²) >= 11 is 0. The van der Waals surface area contributed by atoms with Gasteiger partial charge in [0.15, 0.2) is 6.04 Å². The van der Waals surface area contributed by atoms with Crippen LogP contribution < -0.4 is 21.4 Å². The Morgan fingerprint density at radius 1 is 1.09 bits per heavy atom. The third-order valence-electron chi connectivity index (χ3n) is 7.02. The molecule has 1 aromatic heterocycles. The molecular formula is C30H37F3N6O4. The second kappa shape index (κ2) is 14.3. The highest BCUT2D eigenvalue weighted by atomic mass is 19.4. The van der Waals surface area contributed by atoms with Crippen molar-refractivity contribution >= 4 is 40.5 Å². The number of hydrogen-bond donors (Lipinski definition) is 4. The number of benzene rings is 1. The number of rotatable bonds is 11. The highest BCUT2D eigenvalue weighted by molar-refractivity contribution is 5.92. The predicted octanol–water partition coefficient (Wildman–Crippen LogP) is 3.31. The summed E-state index contributed by atoms with van der Waals surface area (Å²) in [5.74, 6) is -2.75. The molecule has 0 bridgehead atoms. The van der Waals surface area contributed by atoms with E-state index in [1.54, 1.807) is 19.9 Å². The third kappa shape index (κ3) is 8.63. The molecule has 4 amide bonds. The number of carbonyl (C=O) groups is 4. The summed E-state index contributed by atoms with van der Waals surface area (Å²) < 4.78 is 42.5. The number of nitrogens with one attached hydrogen (secondary N) is 4. The topological polar surface area (TPSA) is 133 Å². The van der Waals surface area contributed by atoms with Crippen LogP contribution in [0.15, 0.2) is 49.7 Å². The Morgan fingerprint density at radius 2 is 1.81 bits per heavy atom. The Balaban J connectivity index is 1.69. The standard InChI is InChI=1S/C30H37F3N6O4/c1-6-9-24(40)36-25(17(3)4)28(42)35-18(5)29(43)39-13-8-10-23(38-39)27(41)37-26(30(31,32)33)19-11-12-20-16-34-22(7-2)15-21(20)14-19/h6-7,11-12,14-18,23,25-26,38H,1-2,8-10,13H2,3-5H3,(H,35,42)(H,36,40)(H,37,41)/t18?,23-,25-,26-/m0/s1. The van der Waals surface area contributed by atoms with Crippen molar-refractivity contribution in [2.45, 2.75) is 70.4 Å². The number of amides is 4. The number of carbonyl (C=O) groups excluding carboxylic acids is 4. The Labute approximate surface area is 248 Å². The molecule has 0 saturated carbocycles. The molecule has 1 saturated heterocycles. The monoisotopic (exact) mass is 602 g/mol. The van der Waals surface area contributed by atoms with Gasteiger partial charge in [-0.3, -0.25) is 29.2 Å². The minimum Gasteiger partial charge on any atom is -0.344 e. The SMILES string of the molecule is C=CCC(=O)N[C@H](C(=O)NC(C)C(=O)N1CCC[C@@H](C(=O)N[C@@H](c2ccc3cnc(C=C)cc3c2)C(F)(F)F)N1)C(C)C. The lowest BCUT2D eigenvalue weighted by Gasteiger charge is -2.36. The molecule has 10 nitrogen and oxygen atoms in total. The molecular weight excluding hydrogens is 565 g/mol. The van der Waals surface area contributed by atoms with Crippen molar-refractivity contribution in [1.29, 1.82) is 0 Å². The first kappa shape index (κ1) is 33.2. The quantitative estimate of drug-likeness (QED) is 0.292. The molecule has 4 N–H and O–H groups in total. The zero-order valence-corrected chi connectivity index (χ0v) is 24.3. The average Bonchev–Trinajstić information content (AvgIpc) is 2.96. The second-order valence-electron chi connectivity index (χ2n) is 10.7. The smallest absolute Gasteiger partial charge is 0.344 e. The number of pyridine rings is 1. The zero-order valence-electron chi connectivity index (χ0n) is 24.3. The Hall–Kier alpha value is -4.26. The van der Waals surface area contributed by atoms with Crippen LogP contribution in [0.3, 0.4) is 0 Å². The lowest BCUT2D eigenvalue weighted by atomic mass is 10.0. The van der Waals surface area contributed by atoms with Crippen molar-refractivity contribution < 1.29 is 32.3 Å². The molecule has 0 radical (unpaired) electrons. The number of alkyl halides is 3. The highest BCUT2D eigenvalue weighted by Gasteiger charge is 2.43. The Morgan fingerprint density at radius 3 is 2.44 bits per heavy atom. The van der Waals surface area contributed by atoms with Gasteiger partial charge in [-0.1, -0.05) is 38.6 Å². The van der Waals surface area contributed by atoms with Crippen LogP contribution >= 0.6 is 0 Å². The van der Waals surface area contributed by atoms with Crippen LogP contribution in [-0.4, -0.2) is 64.5 Å². The molecule has 2 heterocycles. The predicted molar refractivity (Wildman–Crippen MR) is 156 cm³/mol. The van der Waals surface area contributed by atoms with Gasteiger partial charge in [-0.05, 0) is 54.8 Å². The fraction of sp³-hybridized carbons (Fsp3) is 0.433. The van der Waals surface area contributed by atoms with E-state index >= 15 is 0 Å². The van der Waals surface area contributed by atoms with E-state index in [-0.39, 0.29) is 30.9 Å². The normalized spacial score (nSPS) is 17.5. The molecule has 3 rings (SSSR count). The van der Waals surface area contributed by atoms with Crippen LogP contribution in [0.4, 0.5) is 13.2 Å². The van der Waals surface area contributed by atoms with E-state index in [2.05, 4.69) is 39.5 Å². The Bertz CT molecular complexity index is 1380. The summed E-state index contributed by atoms with van der Waals surface area (Å²) in [7, 11) is 0. The molecule has 1 aromatic carbocycles. The Kier molecular flexibility index (Phi) is 11.0. The van der Waals surface area contributed by atoms with E-state index in [4.69, 9.17) is 0 Å². The number of nitrogens with zero attached hydrogens (tertiary/aromatic N) is 2. The maximum Gasteiger partial charge on any atom is 0.412 e. The third-order valence-corrected chi connectivity index (χ3v) is 7.02. The van der Waals surface area contributed by atoms with Crippen molar-refractivity contribution in [2.24, 2.45) is 5.92 Å². The van der Waals surface area contributed by atoms with Gasteiger partial charge < -0.3 is 16.0 Å². The average molecular weight is 603 g/mol. The van der Waals surface area contributed by atoms with E-state index in [9.17, 15) is 32.3 Å². The number of halogens is 3. The largest absolute Gasteiger partial charge is 0.412 e. The molecule has 0 aliphatic carbocycles. The first-order valence-corrected chi connectivity index (χ1v) is 13.9. The van der Waals surface area contributed by atoms with E-state index in [1.807, 2.05) is 0 Å². The van der Waals surface area contributed by atoms with Crippen LogP contribution in [0.2, 0.25) is 0 Å². The molecule has 1 aliphatic heterocycles. The minimum absolute atomic E-state index is 0.0237. The first-order valence-electron chi connectivity index (χ1n) is 13.9. The van der Waals surface area contributed by atoms with Crippen LogP contribution in [0.25, 0.3) is 16.8 Å². The van der Waals surface area contributed by atoms with Gasteiger partial charge in [0.2, 0.25) is 17.7 Å². The molecule has 2 aromatic rings. The van der Waals surface area contributed by atoms with Crippen molar-refractivity contribution in [1.82, 2.24) is 31.4 Å². The second-order valence-corrected chi connectivity index (χ2v) is 10.7. The lowest BCUT2D eigenvalue weighted by molar-refractivity contribution is -0.165. The van der Waals surface area contributed by atoms with E-state index in [0.717, 1.165) is 5.01 Å². The molecule has 43 heavy (non-hydrogen) atoms. The fourth-order valence-corrected chi connectivity index (χ4v) is 4.70. The van der Waals surface area contributed by atoms with Gasteiger partial charge >= 0.3 is 6.18 Å². The molecule has 1 aliphatic rings. The van der Waals surface area contributed by atoms with Crippen molar-refractivity contribution in [3.05, 3.63) is 61.0 Å². The summed E-state index contributed by atoms with van der Waals surface area (Å²) in [4.78, 5) is 55.2. The summed E-state index contributed by atoms with van der Waals surface area (Å²) in [5.41, 5.74) is 3.05. The molecule has 1 fully saturated rings. The fourth-order valence-electron chi connectivity index (χ4n) is 4.70. The maximum atomic E-state index is 14.2. The number of hydrazine groups is 1. The van der Waals surface area contributed by atoms with E-state index in [0.29, 0.717) is 22.9 Å². The minimum atomic E-state index is -4.80. The first-order chi connectivity index (χ1) is 20.2. The van der Waals surface area contributed by atoms with Gasteiger partial charge in [0, 0.05) is 24.5 Å². The van der Waals surface area contributed by atoms with Gasteiger partial charge in [-0.25, -0.2) is 5.43 Å². The zero-order chi connectivity index (χ0) is 31.9. The molecule has 4 atom stereocenters. The van der Waals surface area contributed by atoms with E-state index < -0.39 is 54.0 Å². The van der Waals surface area contributed by atoms with E-state index in [1.165, 1.54) is 43.5 Å². The van der Waals surface area contributed by atoms with Crippen LogP contribution in [-0.2, 0) is 19.2 Å². The molecule has 0 spiro atoms. The molecule has 1 unspecified atom stereocenters. The number of fused-ring (bicyclic) bond motifs is 1. The van der Waals surface area contributed by atoms with Gasteiger partial charge in [0.25, 0.3) is 5.91 Å². The van der Waals surface area contributed by atoms with Gasteiger partial charge in [0.05, 0.1) is 5.69 Å². The van der Waals surface area contributed by atoms with Crippen molar-refractivity contribution in [2.75, 3.05) is 6.54 Å². The van der Waals surface area contributed by atoms with Crippen molar-refractivity contribution in [3.63, 3.8) is 0 Å². The van der Waals surface area contributed by atoms with Gasteiger partial charge in [0.1, 0.15) is 18.1 Å². The maximum absolute atomic E-state index is 14.2. The van der Waals surface area contributed by atoms with Crippen LogP contribution in [0.5, 0.6) is 0 Å². The highest BCUT2D eigenvalue weighted by Crippen LogP contribution is 2.34. The summed E-state index contributed by atoms with van der Waals surface area (Å²) in [5, 5.41) is 9.54. The van der Waals surface area contributed by atoms with Crippen LogP contribution in [0.1, 0.15) is 57.3 Å². The lowest BCUT2D eigenvalue weighted by Crippen LogP contribution is -2.62. The molecule has 232 valence electrons.